The number of rotatable bonds is 6. The summed E-state index contributed by atoms with van der Waals surface area (Å²) in [5, 5.41) is 0.407. The molecule has 0 radical (unpaired) electrons. The minimum absolute atomic E-state index is 0.0166. The highest BCUT2D eigenvalue weighted by atomic mass is 32.1. The number of amides is 1. The van der Waals surface area contributed by atoms with Crippen LogP contribution in [0, 0.1) is 0 Å². The van der Waals surface area contributed by atoms with Gasteiger partial charge in [0.2, 0.25) is 5.91 Å². The standard InChI is InChI=1S/C10H19NOS/c1-4-6-9(13)7-8-11(3)10(12)5-2/h5,9,13H,2,4,6-8H2,1,3H3. The van der Waals surface area contributed by atoms with Gasteiger partial charge in [0.05, 0.1) is 0 Å². The Kier molecular flexibility index (Phi) is 6.77. The first-order valence-electron chi connectivity index (χ1n) is 4.67. The molecule has 0 saturated heterocycles. The van der Waals surface area contributed by atoms with Gasteiger partial charge in [-0.3, -0.25) is 4.79 Å². The third kappa shape index (κ3) is 5.75. The Labute approximate surface area is 86.4 Å². The van der Waals surface area contributed by atoms with Crippen molar-refractivity contribution >= 4 is 18.5 Å². The van der Waals surface area contributed by atoms with Crippen molar-refractivity contribution in [3.8, 4) is 0 Å². The summed E-state index contributed by atoms with van der Waals surface area (Å²) in [5.41, 5.74) is 0. The van der Waals surface area contributed by atoms with E-state index in [4.69, 9.17) is 0 Å². The summed E-state index contributed by atoms with van der Waals surface area (Å²) >= 11 is 4.42. The SMILES string of the molecule is C=CC(=O)N(C)CCC(S)CCC. The van der Waals surface area contributed by atoms with Crippen LogP contribution >= 0.6 is 12.6 Å². The Morgan fingerprint density at radius 1 is 1.62 bits per heavy atom. The molecular weight excluding hydrogens is 182 g/mol. The second-order valence-electron chi connectivity index (χ2n) is 3.20. The van der Waals surface area contributed by atoms with Crippen LogP contribution in [-0.4, -0.2) is 29.6 Å². The van der Waals surface area contributed by atoms with Gasteiger partial charge in [0, 0.05) is 18.8 Å². The summed E-state index contributed by atoms with van der Waals surface area (Å²) in [7, 11) is 1.79. The maximum atomic E-state index is 11.1. The first-order valence-corrected chi connectivity index (χ1v) is 5.19. The minimum Gasteiger partial charge on any atom is -0.342 e. The predicted molar refractivity (Wildman–Crippen MR) is 60.1 cm³/mol. The lowest BCUT2D eigenvalue weighted by atomic mass is 10.2. The maximum absolute atomic E-state index is 11.1. The molecule has 0 aromatic rings. The lowest BCUT2D eigenvalue weighted by Crippen LogP contribution is -2.27. The summed E-state index contributed by atoms with van der Waals surface area (Å²) < 4.78 is 0. The fraction of sp³-hybridized carbons (Fsp3) is 0.700. The van der Waals surface area contributed by atoms with Crippen molar-refractivity contribution in [2.75, 3.05) is 13.6 Å². The van der Waals surface area contributed by atoms with Gasteiger partial charge in [-0.2, -0.15) is 12.6 Å². The van der Waals surface area contributed by atoms with Crippen LogP contribution < -0.4 is 0 Å². The molecule has 0 N–H and O–H groups in total. The van der Waals surface area contributed by atoms with Gasteiger partial charge in [0.1, 0.15) is 0 Å². The average molecular weight is 201 g/mol. The van der Waals surface area contributed by atoms with E-state index in [0.717, 1.165) is 25.8 Å². The number of carbonyl (C=O) groups excluding carboxylic acids is 1. The van der Waals surface area contributed by atoms with E-state index in [1.54, 1.807) is 11.9 Å². The van der Waals surface area contributed by atoms with Gasteiger partial charge >= 0.3 is 0 Å². The van der Waals surface area contributed by atoms with Crippen LogP contribution in [0.1, 0.15) is 26.2 Å². The molecule has 0 aromatic heterocycles. The molecule has 0 aromatic carbocycles. The Morgan fingerprint density at radius 3 is 2.69 bits per heavy atom. The number of likely N-dealkylation sites (N-methyl/N-ethyl adjacent to an activating group) is 1. The first kappa shape index (κ1) is 12.6. The summed E-state index contributed by atoms with van der Waals surface area (Å²) in [5.74, 6) is -0.0166. The molecule has 1 unspecified atom stereocenters. The molecule has 76 valence electrons. The Bertz CT molecular complexity index is 170. The van der Waals surface area contributed by atoms with E-state index in [1.165, 1.54) is 6.08 Å². The topological polar surface area (TPSA) is 20.3 Å². The highest BCUT2D eigenvalue weighted by molar-refractivity contribution is 7.80. The second-order valence-corrected chi connectivity index (χ2v) is 3.93. The van der Waals surface area contributed by atoms with Crippen molar-refractivity contribution in [1.29, 1.82) is 0 Å². The van der Waals surface area contributed by atoms with Crippen LogP contribution in [0.5, 0.6) is 0 Å². The fourth-order valence-corrected chi connectivity index (χ4v) is 1.46. The van der Waals surface area contributed by atoms with Crippen molar-refractivity contribution < 1.29 is 4.79 Å². The third-order valence-electron chi connectivity index (χ3n) is 1.97. The van der Waals surface area contributed by atoms with E-state index in [2.05, 4.69) is 26.1 Å². The average Bonchev–Trinajstić information content (AvgIpc) is 2.13. The van der Waals surface area contributed by atoms with E-state index < -0.39 is 0 Å². The van der Waals surface area contributed by atoms with Crippen molar-refractivity contribution in [2.24, 2.45) is 0 Å². The van der Waals surface area contributed by atoms with E-state index in [-0.39, 0.29) is 5.91 Å². The van der Waals surface area contributed by atoms with E-state index in [0.29, 0.717) is 5.25 Å². The molecule has 0 aliphatic carbocycles. The summed E-state index contributed by atoms with van der Waals surface area (Å²) in [6.07, 6.45) is 4.55. The van der Waals surface area contributed by atoms with Gasteiger partial charge < -0.3 is 4.90 Å². The number of hydrogen-bond acceptors (Lipinski definition) is 2. The molecule has 0 fully saturated rings. The second kappa shape index (κ2) is 7.01. The van der Waals surface area contributed by atoms with Crippen LogP contribution in [-0.2, 0) is 4.79 Å². The van der Waals surface area contributed by atoms with E-state index in [1.807, 2.05) is 0 Å². The number of carbonyl (C=O) groups is 1. The van der Waals surface area contributed by atoms with Gasteiger partial charge in [-0.25, -0.2) is 0 Å². The summed E-state index contributed by atoms with van der Waals surface area (Å²) in [6, 6.07) is 0. The Balaban J connectivity index is 3.62. The maximum Gasteiger partial charge on any atom is 0.245 e. The molecule has 2 nitrogen and oxygen atoms in total. The zero-order chi connectivity index (χ0) is 10.3. The Morgan fingerprint density at radius 2 is 2.23 bits per heavy atom. The zero-order valence-electron chi connectivity index (χ0n) is 8.49. The van der Waals surface area contributed by atoms with E-state index in [9.17, 15) is 4.79 Å². The van der Waals surface area contributed by atoms with Crippen LogP contribution in [0.25, 0.3) is 0 Å². The highest BCUT2D eigenvalue weighted by Gasteiger charge is 2.06. The largest absolute Gasteiger partial charge is 0.342 e. The molecule has 0 bridgehead atoms. The van der Waals surface area contributed by atoms with Crippen molar-refractivity contribution in [3.05, 3.63) is 12.7 Å². The molecule has 0 aliphatic heterocycles. The molecule has 0 saturated carbocycles. The first-order chi connectivity index (χ1) is 6.11. The van der Waals surface area contributed by atoms with Gasteiger partial charge in [-0.15, -0.1) is 0 Å². The molecule has 13 heavy (non-hydrogen) atoms. The van der Waals surface area contributed by atoms with Gasteiger partial charge in [-0.1, -0.05) is 19.9 Å². The van der Waals surface area contributed by atoms with E-state index >= 15 is 0 Å². The lowest BCUT2D eigenvalue weighted by molar-refractivity contribution is -0.124. The molecule has 0 rings (SSSR count). The Hall–Kier alpha value is -0.440. The van der Waals surface area contributed by atoms with Crippen LogP contribution in [0.15, 0.2) is 12.7 Å². The predicted octanol–water partition coefficient (Wildman–Crippen LogP) is 2.12. The van der Waals surface area contributed by atoms with Crippen molar-refractivity contribution in [2.45, 2.75) is 31.4 Å². The number of hydrogen-bond donors (Lipinski definition) is 1. The quantitative estimate of drug-likeness (QED) is 0.515. The van der Waals surface area contributed by atoms with Crippen molar-refractivity contribution in [3.63, 3.8) is 0 Å². The third-order valence-corrected chi connectivity index (χ3v) is 2.49. The van der Waals surface area contributed by atoms with Gasteiger partial charge in [0.15, 0.2) is 0 Å². The molecule has 0 aliphatic rings. The van der Waals surface area contributed by atoms with Gasteiger partial charge in [-0.05, 0) is 18.9 Å². The summed E-state index contributed by atoms with van der Waals surface area (Å²) in [6.45, 7) is 6.34. The number of nitrogens with zero attached hydrogens (tertiary/aromatic N) is 1. The summed E-state index contributed by atoms with van der Waals surface area (Å²) in [4.78, 5) is 12.7. The molecule has 0 heterocycles. The lowest BCUT2D eigenvalue weighted by Gasteiger charge is -2.17. The van der Waals surface area contributed by atoms with Crippen LogP contribution in [0.3, 0.4) is 0 Å². The monoisotopic (exact) mass is 201 g/mol. The normalized spacial score (nSPS) is 12.2. The molecule has 3 heteroatoms. The fourth-order valence-electron chi connectivity index (χ4n) is 1.09. The number of thiol groups is 1. The molecule has 1 atom stereocenters. The van der Waals surface area contributed by atoms with Crippen LogP contribution in [0.2, 0.25) is 0 Å². The van der Waals surface area contributed by atoms with Crippen LogP contribution in [0.4, 0.5) is 0 Å². The molecule has 0 spiro atoms. The minimum atomic E-state index is -0.0166. The molecule has 1 amide bonds. The molecular formula is C10H19NOS. The zero-order valence-corrected chi connectivity index (χ0v) is 9.39. The highest BCUT2D eigenvalue weighted by Crippen LogP contribution is 2.09. The smallest absolute Gasteiger partial charge is 0.245 e. The van der Waals surface area contributed by atoms with Crippen molar-refractivity contribution in [1.82, 2.24) is 4.90 Å². The van der Waals surface area contributed by atoms with Gasteiger partial charge in [0.25, 0.3) is 0 Å².